The highest BCUT2D eigenvalue weighted by Crippen LogP contribution is 2.51. The summed E-state index contributed by atoms with van der Waals surface area (Å²) in [6.45, 7) is 24.8. The van der Waals surface area contributed by atoms with E-state index in [2.05, 4.69) is 184 Å². The standard InChI is InChI=1S/C62H52N2O2/c1-8-50(38-42(3)63(47-23-14-10-15-24-47)48-25-16-11-17-26-48)65-58-36-34-51-44(5)60(66-59-30-20-28-54(58)61(51)59)39-43(4)64(57-35-31-46(37-41(57)2)45-21-12-9-13-22-45)49-32-33-53-52-27-18-19-29-55(52)62(6,7)56(53)40-49/h8-25,27-40,48H,1,3-5,26H2,2,6-7H3/b50-38+,60-39+. The number of nitrogens with zero attached hydrogens (tertiary/aromatic N) is 2. The molecule has 66 heavy (non-hydrogen) atoms. The Morgan fingerprint density at radius 2 is 1.45 bits per heavy atom. The van der Waals surface area contributed by atoms with E-state index in [1.165, 1.54) is 27.8 Å². The van der Waals surface area contributed by atoms with Gasteiger partial charge in [0.05, 0.1) is 6.04 Å². The largest absolute Gasteiger partial charge is 0.457 e. The number of rotatable bonds is 12. The Balaban J connectivity index is 0.989. The molecule has 322 valence electrons. The molecule has 0 amide bonds. The Morgan fingerprint density at radius 1 is 0.712 bits per heavy atom. The van der Waals surface area contributed by atoms with E-state index in [1.54, 1.807) is 6.08 Å². The molecule has 1 atom stereocenters. The minimum absolute atomic E-state index is 0.115. The van der Waals surface area contributed by atoms with Crippen LogP contribution in [0, 0.1) is 6.92 Å². The van der Waals surface area contributed by atoms with Crippen molar-refractivity contribution in [1.29, 1.82) is 0 Å². The summed E-state index contributed by atoms with van der Waals surface area (Å²) in [7, 11) is 0. The van der Waals surface area contributed by atoms with E-state index in [1.807, 2.05) is 54.6 Å². The predicted octanol–water partition coefficient (Wildman–Crippen LogP) is 16.1. The molecule has 0 spiro atoms. The fourth-order valence-corrected chi connectivity index (χ4v) is 9.83. The molecule has 2 aliphatic carbocycles. The minimum Gasteiger partial charge on any atom is -0.457 e. The molecule has 3 aliphatic rings. The summed E-state index contributed by atoms with van der Waals surface area (Å²) in [6.07, 6.45) is 15.1. The first kappa shape index (κ1) is 41.9. The first-order valence-electron chi connectivity index (χ1n) is 22.5. The average Bonchev–Trinajstić information content (AvgIpc) is 3.57. The van der Waals surface area contributed by atoms with Crippen molar-refractivity contribution >= 4 is 33.4 Å². The molecule has 0 saturated carbocycles. The van der Waals surface area contributed by atoms with Crippen molar-refractivity contribution in [1.82, 2.24) is 0 Å². The third-order valence-corrected chi connectivity index (χ3v) is 13.1. The maximum Gasteiger partial charge on any atom is 0.136 e. The van der Waals surface area contributed by atoms with Crippen LogP contribution in [0.5, 0.6) is 11.5 Å². The van der Waals surface area contributed by atoms with Gasteiger partial charge in [0.2, 0.25) is 0 Å². The van der Waals surface area contributed by atoms with E-state index < -0.39 is 0 Å². The third-order valence-electron chi connectivity index (χ3n) is 13.1. The lowest BCUT2D eigenvalue weighted by Gasteiger charge is -2.33. The zero-order valence-electron chi connectivity index (χ0n) is 37.8. The van der Waals surface area contributed by atoms with Gasteiger partial charge in [0.1, 0.15) is 23.0 Å². The monoisotopic (exact) mass is 856 g/mol. The second-order valence-corrected chi connectivity index (χ2v) is 17.6. The van der Waals surface area contributed by atoms with Crippen LogP contribution >= 0.6 is 0 Å². The van der Waals surface area contributed by atoms with Crippen molar-refractivity contribution in [3.63, 3.8) is 0 Å². The highest BCUT2D eigenvalue weighted by atomic mass is 16.5. The van der Waals surface area contributed by atoms with Crippen molar-refractivity contribution in [2.45, 2.75) is 38.6 Å². The summed E-state index contributed by atoms with van der Waals surface area (Å²) in [5, 5.41) is 1.83. The lowest BCUT2D eigenvalue weighted by atomic mass is 9.82. The van der Waals surface area contributed by atoms with Gasteiger partial charge in [-0.1, -0.05) is 162 Å². The molecule has 7 aromatic carbocycles. The molecular weight excluding hydrogens is 805 g/mol. The second kappa shape index (κ2) is 17.1. The van der Waals surface area contributed by atoms with Crippen molar-refractivity contribution in [2.24, 2.45) is 0 Å². The van der Waals surface area contributed by atoms with Gasteiger partial charge < -0.3 is 19.3 Å². The van der Waals surface area contributed by atoms with Crippen molar-refractivity contribution in [3.05, 3.63) is 266 Å². The molecule has 1 aliphatic heterocycles. The molecule has 0 aromatic heterocycles. The predicted molar refractivity (Wildman–Crippen MR) is 277 cm³/mol. The fourth-order valence-electron chi connectivity index (χ4n) is 9.83. The van der Waals surface area contributed by atoms with Crippen LogP contribution in [0.3, 0.4) is 0 Å². The number of hydrogen-bond donors (Lipinski definition) is 0. The lowest BCUT2D eigenvalue weighted by Crippen LogP contribution is -2.32. The van der Waals surface area contributed by atoms with Crippen LogP contribution in [-0.2, 0) is 5.41 Å². The van der Waals surface area contributed by atoms with Gasteiger partial charge in [-0.3, -0.25) is 0 Å². The Bertz CT molecular complexity index is 3240. The van der Waals surface area contributed by atoms with Gasteiger partial charge in [-0.05, 0) is 119 Å². The number of fused-ring (bicyclic) bond motifs is 3. The number of anilines is 3. The SMILES string of the molecule is C=C/C(=C\C(=C)N(c1ccccc1)C1C=CC=CC1)Oc1ccc2c3c(cccc13)O/C(=C/C(=C)N(c1ccc3c(c1)C(C)(C)c1ccccc1-3)c1ccc(-c3ccccc3)cc1C)C2=C. The minimum atomic E-state index is -0.172. The normalized spacial score (nSPS) is 16.0. The summed E-state index contributed by atoms with van der Waals surface area (Å²) >= 11 is 0. The number of ether oxygens (including phenoxy) is 2. The molecule has 7 aromatic rings. The van der Waals surface area contributed by atoms with Crippen molar-refractivity contribution in [3.8, 4) is 33.8 Å². The molecule has 4 heteroatoms. The zero-order chi connectivity index (χ0) is 45.5. The Labute approximate surface area is 389 Å². The molecule has 10 rings (SSSR count). The van der Waals surface area contributed by atoms with Crippen LogP contribution in [0.1, 0.15) is 42.5 Å². The second-order valence-electron chi connectivity index (χ2n) is 17.6. The first-order valence-corrected chi connectivity index (χ1v) is 22.5. The Kier molecular flexibility index (Phi) is 10.9. The fraction of sp³-hybridized carbons (Fsp3) is 0.0968. The van der Waals surface area contributed by atoms with Gasteiger partial charge >= 0.3 is 0 Å². The average molecular weight is 857 g/mol. The van der Waals surface area contributed by atoms with E-state index in [0.29, 0.717) is 23.0 Å². The van der Waals surface area contributed by atoms with E-state index in [-0.39, 0.29) is 11.5 Å². The van der Waals surface area contributed by atoms with Gasteiger partial charge in [0, 0.05) is 62.4 Å². The van der Waals surface area contributed by atoms with Gasteiger partial charge in [-0.25, -0.2) is 0 Å². The smallest absolute Gasteiger partial charge is 0.136 e. The number of hydrogen-bond acceptors (Lipinski definition) is 4. The zero-order valence-corrected chi connectivity index (χ0v) is 37.8. The van der Waals surface area contributed by atoms with E-state index in [9.17, 15) is 0 Å². The number of aryl methyl sites for hydroxylation is 1. The molecule has 1 heterocycles. The quantitative estimate of drug-likeness (QED) is 0.0903. The van der Waals surface area contributed by atoms with Crippen LogP contribution in [0.15, 0.2) is 243 Å². The van der Waals surface area contributed by atoms with E-state index in [0.717, 1.165) is 67.9 Å². The van der Waals surface area contributed by atoms with Gasteiger partial charge in [-0.2, -0.15) is 0 Å². The molecule has 0 fully saturated rings. The third kappa shape index (κ3) is 7.50. The van der Waals surface area contributed by atoms with Crippen LogP contribution in [0.2, 0.25) is 0 Å². The first-order chi connectivity index (χ1) is 32.1. The highest BCUT2D eigenvalue weighted by molar-refractivity contribution is 6.05. The van der Waals surface area contributed by atoms with Crippen LogP contribution in [0.4, 0.5) is 17.1 Å². The van der Waals surface area contributed by atoms with Crippen molar-refractivity contribution < 1.29 is 9.47 Å². The van der Waals surface area contributed by atoms with Crippen LogP contribution in [0.25, 0.3) is 38.6 Å². The summed E-state index contributed by atoms with van der Waals surface area (Å²) in [5.41, 5.74) is 14.8. The molecule has 0 radical (unpaired) electrons. The summed E-state index contributed by atoms with van der Waals surface area (Å²) in [5.74, 6) is 2.60. The summed E-state index contributed by atoms with van der Waals surface area (Å²) in [6, 6.07) is 53.3. The highest BCUT2D eigenvalue weighted by Gasteiger charge is 2.36. The molecule has 1 unspecified atom stereocenters. The van der Waals surface area contributed by atoms with Gasteiger partial charge in [0.15, 0.2) is 0 Å². The molecule has 4 nitrogen and oxygen atoms in total. The van der Waals surface area contributed by atoms with E-state index in [4.69, 9.17) is 16.1 Å². The maximum atomic E-state index is 6.81. The van der Waals surface area contributed by atoms with Crippen molar-refractivity contribution in [2.75, 3.05) is 9.80 Å². The topological polar surface area (TPSA) is 24.9 Å². The molecule has 0 N–H and O–H groups in total. The van der Waals surface area contributed by atoms with Gasteiger partial charge in [-0.15, -0.1) is 0 Å². The maximum absolute atomic E-state index is 6.81. The molecule has 0 bridgehead atoms. The van der Waals surface area contributed by atoms with Crippen LogP contribution in [-0.4, -0.2) is 6.04 Å². The Morgan fingerprint density at radius 3 is 2.21 bits per heavy atom. The lowest BCUT2D eigenvalue weighted by molar-refractivity contribution is 0.443. The van der Waals surface area contributed by atoms with Gasteiger partial charge in [0.25, 0.3) is 0 Å². The molecule has 0 saturated heterocycles. The number of benzene rings is 7. The number of allylic oxidation sites excluding steroid dienone is 6. The number of para-hydroxylation sites is 1. The van der Waals surface area contributed by atoms with E-state index >= 15 is 0 Å². The van der Waals surface area contributed by atoms with Crippen LogP contribution < -0.4 is 19.3 Å². The Hall–Kier alpha value is -8.08. The summed E-state index contributed by atoms with van der Waals surface area (Å²) < 4.78 is 13.5. The summed E-state index contributed by atoms with van der Waals surface area (Å²) in [4.78, 5) is 4.48. The molecular formula is C62H52N2O2.